The van der Waals surface area contributed by atoms with Crippen molar-refractivity contribution in [1.82, 2.24) is 0 Å². The highest BCUT2D eigenvalue weighted by molar-refractivity contribution is 9.10. The van der Waals surface area contributed by atoms with Gasteiger partial charge in [-0.3, -0.25) is 4.79 Å². The molecule has 0 saturated heterocycles. The largest absolute Gasteiger partial charge is 0.489 e. The Bertz CT molecular complexity index is 419. The Labute approximate surface area is 94.3 Å². The molecule has 0 spiro atoms. The van der Waals surface area contributed by atoms with Crippen LogP contribution in [0.5, 0.6) is 5.75 Å². The predicted octanol–water partition coefficient (Wildman–Crippen LogP) is 2.24. The molecular weight excluding hydrogens is 267 g/mol. The fourth-order valence-electron chi connectivity index (χ4n) is 1.59. The molecule has 1 aliphatic rings. The summed E-state index contributed by atoms with van der Waals surface area (Å²) in [6.45, 7) is 0.134. The van der Waals surface area contributed by atoms with Gasteiger partial charge in [-0.15, -0.1) is 0 Å². The minimum absolute atomic E-state index is 0.134. The number of carbonyl (C=O) groups excluding carboxylic acids is 1. The molecule has 0 aliphatic carbocycles. The van der Waals surface area contributed by atoms with Crippen LogP contribution >= 0.6 is 15.9 Å². The number of hydrogen-bond donors (Lipinski definition) is 0. The maximum Gasteiger partial charge on any atom is 0.316 e. The van der Waals surface area contributed by atoms with Crippen LogP contribution in [0.2, 0.25) is 0 Å². The summed E-state index contributed by atoms with van der Waals surface area (Å²) < 4.78 is 23.7. The third kappa shape index (κ3) is 1.71. The first-order valence-corrected chi connectivity index (χ1v) is 5.12. The molecule has 0 amide bonds. The minimum atomic E-state index is -0.531. The van der Waals surface area contributed by atoms with Gasteiger partial charge in [-0.1, -0.05) is 15.9 Å². The summed E-state index contributed by atoms with van der Waals surface area (Å²) in [4.78, 5) is 11.4. The quantitative estimate of drug-likeness (QED) is 0.737. The Morgan fingerprint density at radius 1 is 1.67 bits per heavy atom. The van der Waals surface area contributed by atoms with Gasteiger partial charge in [-0.05, 0) is 12.1 Å². The van der Waals surface area contributed by atoms with E-state index in [-0.39, 0.29) is 12.4 Å². The summed E-state index contributed by atoms with van der Waals surface area (Å²) in [6, 6.07) is 2.98. The number of carbonyl (C=O) groups is 1. The molecule has 0 aromatic heterocycles. The van der Waals surface area contributed by atoms with E-state index in [9.17, 15) is 9.18 Å². The van der Waals surface area contributed by atoms with Crippen LogP contribution in [0.15, 0.2) is 16.6 Å². The van der Waals surface area contributed by atoms with Crippen molar-refractivity contribution in [3.05, 3.63) is 28.0 Å². The maximum atomic E-state index is 13.4. The molecule has 3 nitrogen and oxygen atoms in total. The zero-order chi connectivity index (χ0) is 11.0. The first kappa shape index (κ1) is 10.4. The van der Waals surface area contributed by atoms with E-state index in [2.05, 4.69) is 20.7 Å². The van der Waals surface area contributed by atoms with Crippen LogP contribution < -0.4 is 4.74 Å². The van der Waals surface area contributed by atoms with E-state index in [1.54, 1.807) is 6.07 Å². The summed E-state index contributed by atoms with van der Waals surface area (Å²) in [5.74, 6) is -1.26. The van der Waals surface area contributed by atoms with Gasteiger partial charge in [0.1, 0.15) is 12.5 Å². The Morgan fingerprint density at radius 3 is 3.07 bits per heavy atom. The van der Waals surface area contributed by atoms with Gasteiger partial charge >= 0.3 is 5.97 Å². The SMILES string of the molecule is COC(=O)C1COc2c(F)cc(Br)cc21. The van der Waals surface area contributed by atoms with Crippen molar-refractivity contribution in [2.75, 3.05) is 13.7 Å². The molecule has 0 bridgehead atoms. The smallest absolute Gasteiger partial charge is 0.316 e. The standard InChI is InChI=1S/C10H8BrFO3/c1-14-10(13)7-4-15-9-6(7)2-5(11)3-8(9)12/h2-3,7H,4H2,1H3. The summed E-state index contributed by atoms with van der Waals surface area (Å²) in [7, 11) is 1.30. The van der Waals surface area contributed by atoms with Gasteiger partial charge in [0.25, 0.3) is 0 Å². The highest BCUT2D eigenvalue weighted by Gasteiger charge is 2.33. The number of hydrogen-bond acceptors (Lipinski definition) is 3. The molecule has 1 heterocycles. The number of fused-ring (bicyclic) bond motifs is 1. The normalized spacial score (nSPS) is 18.2. The van der Waals surface area contributed by atoms with Crippen molar-refractivity contribution in [1.29, 1.82) is 0 Å². The van der Waals surface area contributed by atoms with Gasteiger partial charge in [-0.25, -0.2) is 4.39 Å². The molecule has 0 saturated carbocycles. The van der Waals surface area contributed by atoms with Crippen LogP contribution in [0.4, 0.5) is 4.39 Å². The fourth-order valence-corrected chi connectivity index (χ4v) is 2.03. The molecule has 1 aromatic rings. The Hall–Kier alpha value is -1.10. The molecule has 0 radical (unpaired) electrons. The molecule has 0 fully saturated rings. The van der Waals surface area contributed by atoms with Crippen LogP contribution in [0.1, 0.15) is 11.5 Å². The number of ether oxygens (including phenoxy) is 2. The predicted molar refractivity (Wildman–Crippen MR) is 54.4 cm³/mol. The second kappa shape index (κ2) is 3.81. The molecule has 15 heavy (non-hydrogen) atoms. The molecule has 80 valence electrons. The first-order chi connectivity index (χ1) is 7.13. The lowest BCUT2D eigenvalue weighted by atomic mass is 10.0. The van der Waals surface area contributed by atoms with E-state index in [1.807, 2.05) is 0 Å². The maximum absolute atomic E-state index is 13.4. The Balaban J connectivity index is 2.46. The molecular formula is C10H8BrFO3. The molecule has 1 unspecified atom stereocenters. The number of methoxy groups -OCH3 is 1. The summed E-state index contributed by atoms with van der Waals surface area (Å²) >= 11 is 3.17. The third-order valence-electron chi connectivity index (χ3n) is 2.29. The minimum Gasteiger partial charge on any atom is -0.489 e. The molecule has 1 atom stereocenters. The second-order valence-electron chi connectivity index (χ2n) is 3.19. The lowest BCUT2D eigenvalue weighted by Gasteiger charge is -2.05. The zero-order valence-electron chi connectivity index (χ0n) is 7.92. The van der Waals surface area contributed by atoms with Crippen LogP contribution in [-0.4, -0.2) is 19.7 Å². The molecule has 5 heteroatoms. The Morgan fingerprint density at radius 2 is 2.40 bits per heavy atom. The molecule has 1 aromatic carbocycles. The molecule has 0 N–H and O–H groups in total. The average Bonchev–Trinajstić information content (AvgIpc) is 2.60. The van der Waals surface area contributed by atoms with Crippen molar-refractivity contribution < 1.29 is 18.7 Å². The second-order valence-corrected chi connectivity index (χ2v) is 4.11. The topological polar surface area (TPSA) is 35.5 Å². The van der Waals surface area contributed by atoms with Crippen molar-refractivity contribution in [3.8, 4) is 5.75 Å². The van der Waals surface area contributed by atoms with E-state index in [1.165, 1.54) is 13.2 Å². The van der Waals surface area contributed by atoms with Crippen molar-refractivity contribution in [2.45, 2.75) is 5.92 Å². The fraction of sp³-hybridized carbons (Fsp3) is 0.300. The van der Waals surface area contributed by atoms with Crippen molar-refractivity contribution in [3.63, 3.8) is 0 Å². The number of esters is 1. The van der Waals surface area contributed by atoms with Crippen molar-refractivity contribution in [2.24, 2.45) is 0 Å². The molecule has 2 rings (SSSR count). The van der Waals surface area contributed by atoms with Gasteiger partial charge in [0, 0.05) is 10.0 Å². The Kier molecular flexibility index (Phi) is 2.65. The number of benzene rings is 1. The highest BCUT2D eigenvalue weighted by Crippen LogP contribution is 2.38. The van der Waals surface area contributed by atoms with Crippen molar-refractivity contribution >= 4 is 21.9 Å². The number of rotatable bonds is 1. The van der Waals surface area contributed by atoms with Gasteiger partial charge in [0.15, 0.2) is 11.6 Å². The lowest BCUT2D eigenvalue weighted by Crippen LogP contribution is -2.15. The average molecular weight is 275 g/mol. The van der Waals surface area contributed by atoms with E-state index >= 15 is 0 Å². The van der Waals surface area contributed by atoms with Crippen LogP contribution in [0.25, 0.3) is 0 Å². The zero-order valence-corrected chi connectivity index (χ0v) is 9.51. The highest BCUT2D eigenvalue weighted by atomic mass is 79.9. The van der Waals surface area contributed by atoms with E-state index in [4.69, 9.17) is 4.74 Å². The van der Waals surface area contributed by atoms with Crippen LogP contribution in [-0.2, 0) is 9.53 Å². The van der Waals surface area contributed by atoms with Gasteiger partial charge in [-0.2, -0.15) is 0 Å². The van der Waals surface area contributed by atoms with Gasteiger partial charge in [0.2, 0.25) is 0 Å². The lowest BCUT2D eigenvalue weighted by molar-refractivity contribution is -0.142. The van der Waals surface area contributed by atoms with E-state index in [0.717, 1.165) is 0 Å². The summed E-state index contributed by atoms with van der Waals surface area (Å²) in [5, 5.41) is 0. The monoisotopic (exact) mass is 274 g/mol. The van der Waals surface area contributed by atoms with Crippen LogP contribution in [0.3, 0.4) is 0 Å². The first-order valence-electron chi connectivity index (χ1n) is 4.33. The van der Waals surface area contributed by atoms with E-state index in [0.29, 0.717) is 10.0 Å². The summed E-state index contributed by atoms with van der Waals surface area (Å²) in [5.41, 5.74) is 0.536. The summed E-state index contributed by atoms with van der Waals surface area (Å²) in [6.07, 6.45) is 0. The van der Waals surface area contributed by atoms with E-state index < -0.39 is 17.7 Å². The molecule has 1 aliphatic heterocycles. The van der Waals surface area contributed by atoms with Crippen LogP contribution in [0, 0.1) is 5.82 Å². The third-order valence-corrected chi connectivity index (χ3v) is 2.75. The van der Waals surface area contributed by atoms with Gasteiger partial charge in [0.05, 0.1) is 7.11 Å². The van der Waals surface area contributed by atoms with Gasteiger partial charge < -0.3 is 9.47 Å². The number of halogens is 2.